The number of thioether (sulfide) groups is 1. The third-order valence-corrected chi connectivity index (χ3v) is 4.21. The molecule has 5 nitrogen and oxygen atoms in total. The molecular weight excluding hydrogens is 295 g/mol. The van der Waals surface area contributed by atoms with Crippen LogP contribution in [-0.4, -0.2) is 33.1 Å². The van der Waals surface area contributed by atoms with Crippen molar-refractivity contribution in [2.24, 2.45) is 0 Å². The molecule has 18 heavy (non-hydrogen) atoms. The molecule has 1 aliphatic rings. The second kappa shape index (κ2) is 5.31. The largest absolute Gasteiger partial charge is 0.333 e. The van der Waals surface area contributed by atoms with Crippen LogP contribution in [0.1, 0.15) is 16.8 Å². The summed E-state index contributed by atoms with van der Waals surface area (Å²) in [6.07, 6.45) is 0.615. The fourth-order valence-corrected chi connectivity index (χ4v) is 3.17. The molecule has 0 spiro atoms. The summed E-state index contributed by atoms with van der Waals surface area (Å²) >= 11 is 13.1. The molecule has 8 heteroatoms. The van der Waals surface area contributed by atoms with Gasteiger partial charge in [0.1, 0.15) is 5.54 Å². The van der Waals surface area contributed by atoms with Crippen molar-refractivity contribution in [1.82, 2.24) is 15.5 Å². The number of amides is 1. The van der Waals surface area contributed by atoms with Crippen molar-refractivity contribution < 1.29 is 4.79 Å². The molecule has 1 aromatic heterocycles. The first kappa shape index (κ1) is 13.4. The molecule has 1 aliphatic heterocycles. The summed E-state index contributed by atoms with van der Waals surface area (Å²) in [6.45, 7) is 0. The maximum Gasteiger partial charge on any atom is 0.255 e. The molecule has 1 atom stereocenters. The highest BCUT2D eigenvalue weighted by molar-refractivity contribution is 7.99. The zero-order valence-electron chi connectivity index (χ0n) is 9.11. The lowest BCUT2D eigenvalue weighted by Crippen LogP contribution is -2.47. The average molecular weight is 303 g/mol. The Labute approximate surface area is 118 Å². The third-order valence-electron chi connectivity index (χ3n) is 2.55. The number of carbonyl (C=O) groups excluding carboxylic acids is 1. The monoisotopic (exact) mass is 302 g/mol. The van der Waals surface area contributed by atoms with Crippen LogP contribution >= 0.6 is 35.0 Å². The van der Waals surface area contributed by atoms with Crippen molar-refractivity contribution in [2.75, 3.05) is 11.5 Å². The lowest BCUT2D eigenvalue weighted by molar-refractivity contribution is 0.0925. The van der Waals surface area contributed by atoms with E-state index in [1.807, 2.05) is 0 Å². The minimum atomic E-state index is -0.833. The zero-order chi connectivity index (χ0) is 13.2. The van der Waals surface area contributed by atoms with Crippen LogP contribution in [0.15, 0.2) is 6.07 Å². The van der Waals surface area contributed by atoms with Crippen LogP contribution in [0.4, 0.5) is 0 Å². The van der Waals surface area contributed by atoms with E-state index < -0.39 is 11.4 Å². The highest BCUT2D eigenvalue weighted by Gasteiger charge is 2.36. The summed E-state index contributed by atoms with van der Waals surface area (Å²) in [5, 5.41) is 19.0. The predicted molar refractivity (Wildman–Crippen MR) is 69.8 cm³/mol. The molecule has 2 heterocycles. The van der Waals surface area contributed by atoms with E-state index in [0.717, 1.165) is 5.75 Å². The Morgan fingerprint density at radius 1 is 1.56 bits per heavy atom. The topological polar surface area (TPSA) is 78.7 Å². The van der Waals surface area contributed by atoms with Gasteiger partial charge in [0, 0.05) is 5.75 Å². The zero-order valence-corrected chi connectivity index (χ0v) is 11.4. The Hall–Kier alpha value is -1.03. The Morgan fingerprint density at radius 3 is 2.94 bits per heavy atom. The standard InChI is InChI=1S/C10H8Cl2N4OS/c11-7-3-6(8(12)16-15-7)9(17)14-10(4-13)1-2-18-5-10/h3H,1-2,5H2,(H,14,17). The van der Waals surface area contributed by atoms with Crippen LogP contribution in [-0.2, 0) is 0 Å². The van der Waals surface area contributed by atoms with Crippen LogP contribution < -0.4 is 5.32 Å². The molecule has 2 rings (SSSR count). The van der Waals surface area contributed by atoms with E-state index in [0.29, 0.717) is 12.2 Å². The SMILES string of the molecule is N#CC1(NC(=O)c2cc(Cl)nnc2Cl)CCSC1. The van der Waals surface area contributed by atoms with Gasteiger partial charge >= 0.3 is 0 Å². The Bertz CT molecular complexity index is 525. The van der Waals surface area contributed by atoms with E-state index in [-0.39, 0.29) is 15.9 Å². The molecule has 1 fully saturated rings. The number of hydrogen-bond acceptors (Lipinski definition) is 5. The van der Waals surface area contributed by atoms with E-state index in [2.05, 4.69) is 21.6 Å². The summed E-state index contributed by atoms with van der Waals surface area (Å²) in [5.41, 5.74) is -0.705. The molecule has 1 N–H and O–H groups in total. The molecule has 1 aromatic rings. The van der Waals surface area contributed by atoms with Crippen molar-refractivity contribution >= 4 is 40.9 Å². The summed E-state index contributed by atoms with van der Waals surface area (Å²) in [6, 6.07) is 3.48. The maximum atomic E-state index is 12.1. The highest BCUT2D eigenvalue weighted by Crippen LogP contribution is 2.28. The van der Waals surface area contributed by atoms with Gasteiger partial charge in [-0.1, -0.05) is 23.2 Å². The fraction of sp³-hybridized carbons (Fsp3) is 0.400. The number of halogens is 2. The second-order valence-corrected chi connectivity index (χ2v) is 5.67. The van der Waals surface area contributed by atoms with Crippen molar-refractivity contribution in [1.29, 1.82) is 5.26 Å². The highest BCUT2D eigenvalue weighted by atomic mass is 35.5. The summed E-state index contributed by atoms with van der Waals surface area (Å²) in [4.78, 5) is 12.1. The molecule has 0 bridgehead atoms. The van der Waals surface area contributed by atoms with Gasteiger partial charge in [0.05, 0.1) is 11.6 Å². The van der Waals surface area contributed by atoms with Gasteiger partial charge in [-0.05, 0) is 18.2 Å². The Balaban J connectivity index is 2.22. The Morgan fingerprint density at radius 2 is 2.33 bits per heavy atom. The number of hydrogen-bond donors (Lipinski definition) is 1. The predicted octanol–water partition coefficient (Wildman–Crippen LogP) is 1.91. The van der Waals surface area contributed by atoms with Gasteiger partial charge in [-0.25, -0.2) is 0 Å². The average Bonchev–Trinajstić information content (AvgIpc) is 2.81. The summed E-state index contributed by atoms with van der Waals surface area (Å²) < 4.78 is 0. The second-order valence-electron chi connectivity index (χ2n) is 3.82. The lowest BCUT2D eigenvalue weighted by atomic mass is 10.0. The minimum absolute atomic E-state index is 0.0318. The molecule has 1 saturated heterocycles. The Kier molecular flexibility index (Phi) is 3.95. The normalized spacial score (nSPS) is 22.5. The van der Waals surface area contributed by atoms with Crippen LogP contribution in [0.3, 0.4) is 0 Å². The first-order chi connectivity index (χ1) is 8.56. The van der Waals surface area contributed by atoms with Gasteiger partial charge < -0.3 is 5.32 Å². The van der Waals surface area contributed by atoms with Crippen molar-refractivity contribution in [3.63, 3.8) is 0 Å². The van der Waals surface area contributed by atoms with Gasteiger partial charge in [0.25, 0.3) is 5.91 Å². The first-order valence-corrected chi connectivity index (χ1v) is 6.98. The van der Waals surface area contributed by atoms with Crippen LogP contribution in [0.2, 0.25) is 10.3 Å². The maximum absolute atomic E-state index is 12.1. The molecule has 0 radical (unpaired) electrons. The van der Waals surface area contributed by atoms with E-state index in [1.54, 1.807) is 11.8 Å². The third kappa shape index (κ3) is 2.69. The van der Waals surface area contributed by atoms with E-state index in [1.165, 1.54) is 6.07 Å². The number of aromatic nitrogens is 2. The molecule has 0 aliphatic carbocycles. The summed E-state index contributed by atoms with van der Waals surface area (Å²) in [5.74, 6) is 0.955. The molecule has 1 unspecified atom stereocenters. The number of carbonyl (C=O) groups is 1. The van der Waals surface area contributed by atoms with Crippen LogP contribution in [0, 0.1) is 11.3 Å². The smallest absolute Gasteiger partial charge is 0.255 e. The fourth-order valence-electron chi connectivity index (χ4n) is 1.58. The van der Waals surface area contributed by atoms with Gasteiger partial charge in [0.15, 0.2) is 10.3 Å². The molecule has 94 valence electrons. The van der Waals surface area contributed by atoms with Gasteiger partial charge in [-0.15, -0.1) is 10.2 Å². The first-order valence-electron chi connectivity index (χ1n) is 5.06. The van der Waals surface area contributed by atoms with Crippen molar-refractivity contribution in [2.45, 2.75) is 12.0 Å². The van der Waals surface area contributed by atoms with E-state index in [9.17, 15) is 10.1 Å². The number of nitrogens with one attached hydrogen (secondary N) is 1. The van der Waals surface area contributed by atoms with Gasteiger partial charge in [0.2, 0.25) is 0 Å². The molecular formula is C10H8Cl2N4OS. The van der Waals surface area contributed by atoms with Crippen molar-refractivity contribution in [3.8, 4) is 6.07 Å². The van der Waals surface area contributed by atoms with E-state index >= 15 is 0 Å². The van der Waals surface area contributed by atoms with Crippen molar-refractivity contribution in [3.05, 3.63) is 21.9 Å². The molecule has 0 saturated carbocycles. The number of rotatable bonds is 2. The summed E-state index contributed by atoms with van der Waals surface area (Å²) in [7, 11) is 0. The van der Waals surface area contributed by atoms with Crippen LogP contribution in [0.5, 0.6) is 0 Å². The van der Waals surface area contributed by atoms with Gasteiger partial charge in [-0.2, -0.15) is 17.0 Å². The number of nitrogens with zero attached hydrogens (tertiary/aromatic N) is 3. The van der Waals surface area contributed by atoms with E-state index in [4.69, 9.17) is 23.2 Å². The number of nitriles is 1. The molecule has 0 aromatic carbocycles. The van der Waals surface area contributed by atoms with Crippen LogP contribution in [0.25, 0.3) is 0 Å². The molecule has 1 amide bonds. The van der Waals surface area contributed by atoms with Gasteiger partial charge in [-0.3, -0.25) is 4.79 Å². The lowest BCUT2D eigenvalue weighted by Gasteiger charge is -2.21. The minimum Gasteiger partial charge on any atom is -0.333 e. The quantitative estimate of drug-likeness (QED) is 0.903.